The molecule has 2 rings (SSSR count). The summed E-state index contributed by atoms with van der Waals surface area (Å²) in [5.74, 6) is 0.0721. The van der Waals surface area contributed by atoms with E-state index in [-0.39, 0.29) is 17.9 Å². The van der Waals surface area contributed by atoms with Crippen LogP contribution in [-0.2, 0) is 9.59 Å². The third-order valence-electron chi connectivity index (χ3n) is 3.10. The fraction of sp³-hybridized carbons (Fsp3) is 0.778. The van der Waals surface area contributed by atoms with Crippen molar-refractivity contribution in [3.8, 4) is 0 Å². The fourth-order valence-corrected chi connectivity index (χ4v) is 2.31. The van der Waals surface area contributed by atoms with Crippen LogP contribution in [0.1, 0.15) is 19.3 Å². The monoisotopic (exact) mass is 182 g/mol. The second kappa shape index (κ2) is 3.10. The summed E-state index contributed by atoms with van der Waals surface area (Å²) in [6.45, 7) is 1.50. The predicted molar refractivity (Wildman–Crippen MR) is 46.9 cm³/mol. The zero-order valence-electron chi connectivity index (χ0n) is 7.53. The van der Waals surface area contributed by atoms with E-state index >= 15 is 0 Å². The van der Waals surface area contributed by atoms with Crippen molar-refractivity contribution in [1.82, 2.24) is 4.90 Å². The number of carbonyl (C=O) groups is 2. The summed E-state index contributed by atoms with van der Waals surface area (Å²) in [7, 11) is 0. The van der Waals surface area contributed by atoms with Gasteiger partial charge in [0.05, 0.1) is 12.0 Å². The number of carbonyl (C=O) groups excluding carboxylic acids is 2. The molecule has 1 amide bonds. The Morgan fingerprint density at radius 3 is 2.92 bits per heavy atom. The average molecular weight is 182 g/mol. The van der Waals surface area contributed by atoms with Gasteiger partial charge in [-0.05, 0) is 12.8 Å². The number of hydrogen-bond acceptors (Lipinski definition) is 3. The molecule has 2 fully saturated rings. The Bertz CT molecular complexity index is 252. The van der Waals surface area contributed by atoms with Crippen LogP contribution in [0.15, 0.2) is 0 Å². The highest BCUT2D eigenvalue weighted by atomic mass is 16.1. The number of amides is 1. The van der Waals surface area contributed by atoms with Gasteiger partial charge in [0.15, 0.2) is 5.78 Å². The Kier molecular flexibility index (Phi) is 2.07. The zero-order chi connectivity index (χ0) is 9.42. The molecule has 13 heavy (non-hydrogen) atoms. The Morgan fingerprint density at radius 1 is 1.46 bits per heavy atom. The maximum absolute atomic E-state index is 11.3. The lowest BCUT2D eigenvalue weighted by Crippen LogP contribution is -2.45. The molecule has 4 nitrogen and oxygen atoms in total. The van der Waals surface area contributed by atoms with Gasteiger partial charge in [-0.2, -0.15) is 0 Å². The van der Waals surface area contributed by atoms with E-state index < -0.39 is 0 Å². The number of nitrogens with zero attached hydrogens (tertiary/aromatic N) is 1. The molecular weight excluding hydrogens is 168 g/mol. The SMILES string of the molecule is NC(=O)C1CCC2C(=O)CCN2C1. The van der Waals surface area contributed by atoms with Crippen LogP contribution >= 0.6 is 0 Å². The number of primary amides is 1. The van der Waals surface area contributed by atoms with Crippen LogP contribution in [0.4, 0.5) is 0 Å². The first-order valence-corrected chi connectivity index (χ1v) is 4.74. The normalized spacial score (nSPS) is 34.6. The minimum atomic E-state index is -0.224. The molecule has 72 valence electrons. The van der Waals surface area contributed by atoms with Crippen molar-refractivity contribution in [1.29, 1.82) is 0 Å². The number of Topliss-reactive ketones (excluding diaryl/α,β-unsaturated/α-hetero) is 1. The molecule has 2 saturated heterocycles. The summed E-state index contributed by atoms with van der Waals surface area (Å²) in [6.07, 6.45) is 2.24. The number of nitrogens with two attached hydrogens (primary N) is 1. The van der Waals surface area contributed by atoms with E-state index in [1.807, 2.05) is 0 Å². The summed E-state index contributed by atoms with van der Waals surface area (Å²) < 4.78 is 0. The van der Waals surface area contributed by atoms with Gasteiger partial charge in [0.2, 0.25) is 5.91 Å². The number of piperidine rings is 1. The van der Waals surface area contributed by atoms with Gasteiger partial charge >= 0.3 is 0 Å². The van der Waals surface area contributed by atoms with Gasteiger partial charge in [-0.3, -0.25) is 14.5 Å². The standard InChI is InChI=1S/C9H14N2O2/c10-9(13)6-1-2-7-8(12)3-4-11(7)5-6/h6-7H,1-5H2,(H2,10,13). The molecule has 0 radical (unpaired) electrons. The summed E-state index contributed by atoms with van der Waals surface area (Å²) in [6, 6.07) is 0.0931. The molecule has 4 heteroatoms. The van der Waals surface area contributed by atoms with Crippen LogP contribution in [0.2, 0.25) is 0 Å². The third kappa shape index (κ3) is 1.46. The largest absolute Gasteiger partial charge is 0.369 e. The van der Waals surface area contributed by atoms with Crippen LogP contribution < -0.4 is 5.73 Å². The quantitative estimate of drug-likeness (QED) is 0.596. The minimum Gasteiger partial charge on any atom is -0.369 e. The van der Waals surface area contributed by atoms with Crippen molar-refractivity contribution in [2.75, 3.05) is 13.1 Å². The predicted octanol–water partition coefficient (Wildman–Crippen LogP) is -0.475. The van der Waals surface area contributed by atoms with Gasteiger partial charge in [-0.15, -0.1) is 0 Å². The molecule has 0 bridgehead atoms. The van der Waals surface area contributed by atoms with Crippen molar-refractivity contribution in [3.63, 3.8) is 0 Å². The van der Waals surface area contributed by atoms with Crippen LogP contribution in [0.3, 0.4) is 0 Å². The van der Waals surface area contributed by atoms with Crippen LogP contribution in [-0.4, -0.2) is 35.7 Å². The molecule has 2 unspecified atom stereocenters. The van der Waals surface area contributed by atoms with Gasteiger partial charge in [0, 0.05) is 19.5 Å². The molecule has 0 saturated carbocycles. The van der Waals surface area contributed by atoms with E-state index in [0.29, 0.717) is 18.7 Å². The van der Waals surface area contributed by atoms with E-state index in [2.05, 4.69) is 4.90 Å². The molecule has 0 spiro atoms. The number of fused-ring (bicyclic) bond motifs is 1. The zero-order valence-corrected chi connectivity index (χ0v) is 7.53. The maximum Gasteiger partial charge on any atom is 0.221 e. The highest BCUT2D eigenvalue weighted by Crippen LogP contribution is 2.27. The van der Waals surface area contributed by atoms with Gasteiger partial charge in [-0.25, -0.2) is 0 Å². The molecular formula is C9H14N2O2. The first kappa shape index (κ1) is 8.69. The second-order valence-corrected chi connectivity index (χ2v) is 3.90. The molecule has 0 aromatic carbocycles. The Hall–Kier alpha value is -0.900. The molecule has 2 aliphatic heterocycles. The van der Waals surface area contributed by atoms with Crippen molar-refractivity contribution in [3.05, 3.63) is 0 Å². The Labute approximate surface area is 77.1 Å². The van der Waals surface area contributed by atoms with E-state index in [9.17, 15) is 9.59 Å². The highest BCUT2D eigenvalue weighted by molar-refractivity contribution is 5.87. The molecule has 0 aromatic heterocycles. The van der Waals surface area contributed by atoms with Crippen molar-refractivity contribution < 1.29 is 9.59 Å². The summed E-state index contributed by atoms with van der Waals surface area (Å²) in [5.41, 5.74) is 5.23. The Morgan fingerprint density at radius 2 is 2.23 bits per heavy atom. The number of rotatable bonds is 1. The van der Waals surface area contributed by atoms with Crippen molar-refractivity contribution in [2.24, 2.45) is 11.7 Å². The first-order valence-electron chi connectivity index (χ1n) is 4.74. The molecule has 0 aliphatic carbocycles. The van der Waals surface area contributed by atoms with E-state index in [0.717, 1.165) is 19.4 Å². The number of ketones is 1. The maximum atomic E-state index is 11.3. The summed E-state index contributed by atoms with van der Waals surface area (Å²) >= 11 is 0. The minimum absolute atomic E-state index is 0.0397. The van der Waals surface area contributed by atoms with Crippen LogP contribution in [0.25, 0.3) is 0 Å². The first-order chi connectivity index (χ1) is 6.18. The molecule has 0 aromatic rings. The van der Waals surface area contributed by atoms with Crippen molar-refractivity contribution in [2.45, 2.75) is 25.3 Å². The third-order valence-corrected chi connectivity index (χ3v) is 3.10. The fourth-order valence-electron chi connectivity index (χ4n) is 2.31. The van der Waals surface area contributed by atoms with Crippen LogP contribution in [0.5, 0.6) is 0 Å². The van der Waals surface area contributed by atoms with Gasteiger partial charge < -0.3 is 5.73 Å². The molecule has 2 atom stereocenters. The second-order valence-electron chi connectivity index (χ2n) is 3.90. The van der Waals surface area contributed by atoms with E-state index in [1.165, 1.54) is 0 Å². The summed E-state index contributed by atoms with van der Waals surface area (Å²) in [5, 5.41) is 0. The molecule has 2 N–H and O–H groups in total. The van der Waals surface area contributed by atoms with Gasteiger partial charge in [-0.1, -0.05) is 0 Å². The molecule has 2 aliphatic rings. The van der Waals surface area contributed by atoms with Gasteiger partial charge in [0.1, 0.15) is 0 Å². The Balaban J connectivity index is 2.03. The topological polar surface area (TPSA) is 63.4 Å². The van der Waals surface area contributed by atoms with Gasteiger partial charge in [0.25, 0.3) is 0 Å². The summed E-state index contributed by atoms with van der Waals surface area (Å²) in [4.78, 5) is 24.4. The number of hydrogen-bond donors (Lipinski definition) is 1. The smallest absolute Gasteiger partial charge is 0.221 e. The molecule has 2 heterocycles. The van der Waals surface area contributed by atoms with Crippen LogP contribution in [0, 0.1) is 5.92 Å². The van der Waals surface area contributed by atoms with E-state index in [4.69, 9.17) is 5.73 Å². The van der Waals surface area contributed by atoms with Crippen molar-refractivity contribution >= 4 is 11.7 Å². The lowest BCUT2D eigenvalue weighted by atomic mass is 9.92. The average Bonchev–Trinajstić information content (AvgIpc) is 2.47. The lowest BCUT2D eigenvalue weighted by Gasteiger charge is -2.32. The highest BCUT2D eigenvalue weighted by Gasteiger charge is 2.38. The van der Waals surface area contributed by atoms with E-state index in [1.54, 1.807) is 0 Å². The lowest BCUT2D eigenvalue weighted by molar-refractivity contribution is -0.126.